The second kappa shape index (κ2) is 6.01. The van der Waals surface area contributed by atoms with Gasteiger partial charge in [0.05, 0.1) is 0 Å². The molecule has 0 radical (unpaired) electrons. The molecule has 3 amide bonds. The smallest absolute Gasteiger partial charge is 0.255 e. The van der Waals surface area contributed by atoms with E-state index in [4.69, 9.17) is 11.6 Å². The van der Waals surface area contributed by atoms with Crippen molar-refractivity contribution in [3.8, 4) is 11.1 Å². The number of halogens is 1. The molecule has 25 heavy (non-hydrogen) atoms. The van der Waals surface area contributed by atoms with E-state index in [0.717, 1.165) is 16.7 Å². The number of piperidine rings is 1. The maximum Gasteiger partial charge on any atom is 0.255 e. The van der Waals surface area contributed by atoms with Crippen LogP contribution in [0.2, 0.25) is 5.02 Å². The molecule has 0 aliphatic carbocycles. The number of nitrogens with one attached hydrogen (secondary N) is 1. The normalized spacial score (nSPS) is 19.8. The van der Waals surface area contributed by atoms with Crippen molar-refractivity contribution in [3.05, 3.63) is 58.6 Å². The molecule has 1 saturated heterocycles. The average Bonchev–Trinajstić information content (AvgIpc) is 2.91. The SMILES string of the molecule is O=C1CCC(N2Cc3cc(-c4ccccc4)c(Cl)cc3C2=O)C(=O)N1. The van der Waals surface area contributed by atoms with Gasteiger partial charge in [-0.15, -0.1) is 0 Å². The third-order valence-corrected chi connectivity index (χ3v) is 5.01. The Kier molecular flexibility index (Phi) is 3.81. The van der Waals surface area contributed by atoms with E-state index in [2.05, 4.69) is 5.32 Å². The van der Waals surface area contributed by atoms with Crippen molar-refractivity contribution in [2.24, 2.45) is 0 Å². The van der Waals surface area contributed by atoms with Gasteiger partial charge in [0.25, 0.3) is 5.91 Å². The lowest BCUT2D eigenvalue weighted by Gasteiger charge is -2.29. The lowest BCUT2D eigenvalue weighted by molar-refractivity contribution is -0.136. The Morgan fingerprint density at radius 1 is 1.04 bits per heavy atom. The second-order valence-electron chi connectivity index (χ2n) is 6.26. The highest BCUT2D eigenvalue weighted by Crippen LogP contribution is 2.35. The van der Waals surface area contributed by atoms with Gasteiger partial charge in [-0.3, -0.25) is 19.7 Å². The molecule has 126 valence electrons. The standard InChI is InChI=1S/C19H15ClN2O3/c20-15-9-14-12(8-13(15)11-4-2-1-3-5-11)10-22(19(14)25)16-6-7-17(23)21-18(16)24/h1-5,8-9,16H,6-7,10H2,(H,21,23,24). The van der Waals surface area contributed by atoms with E-state index >= 15 is 0 Å². The van der Waals surface area contributed by atoms with Crippen molar-refractivity contribution in [1.82, 2.24) is 10.2 Å². The maximum atomic E-state index is 12.7. The Labute approximate surface area is 149 Å². The van der Waals surface area contributed by atoms with Gasteiger partial charge in [0.15, 0.2) is 0 Å². The van der Waals surface area contributed by atoms with Gasteiger partial charge in [0.2, 0.25) is 11.8 Å². The van der Waals surface area contributed by atoms with Gasteiger partial charge in [-0.2, -0.15) is 0 Å². The number of hydrogen-bond acceptors (Lipinski definition) is 3. The predicted molar refractivity (Wildman–Crippen MR) is 92.9 cm³/mol. The Balaban J connectivity index is 1.68. The highest BCUT2D eigenvalue weighted by Gasteiger charge is 2.39. The first kappa shape index (κ1) is 15.8. The molecule has 0 aromatic heterocycles. The van der Waals surface area contributed by atoms with Gasteiger partial charge in [0, 0.05) is 29.1 Å². The van der Waals surface area contributed by atoms with Crippen LogP contribution in [-0.2, 0) is 16.1 Å². The summed E-state index contributed by atoms with van der Waals surface area (Å²) in [4.78, 5) is 37.7. The summed E-state index contributed by atoms with van der Waals surface area (Å²) in [6, 6.07) is 12.7. The van der Waals surface area contributed by atoms with Crippen LogP contribution >= 0.6 is 11.6 Å². The highest BCUT2D eigenvalue weighted by atomic mass is 35.5. The van der Waals surface area contributed by atoms with E-state index in [1.807, 2.05) is 36.4 Å². The monoisotopic (exact) mass is 354 g/mol. The largest absolute Gasteiger partial charge is 0.322 e. The van der Waals surface area contributed by atoms with Crippen LogP contribution in [0.25, 0.3) is 11.1 Å². The maximum absolute atomic E-state index is 12.7. The minimum atomic E-state index is -0.614. The first-order valence-electron chi connectivity index (χ1n) is 8.07. The molecular formula is C19H15ClN2O3. The van der Waals surface area contributed by atoms with Crippen LogP contribution in [0.4, 0.5) is 0 Å². The Morgan fingerprint density at radius 3 is 2.52 bits per heavy atom. The van der Waals surface area contributed by atoms with Crippen LogP contribution in [0, 0.1) is 0 Å². The zero-order valence-electron chi connectivity index (χ0n) is 13.3. The molecule has 1 unspecified atom stereocenters. The molecule has 0 bridgehead atoms. The highest BCUT2D eigenvalue weighted by molar-refractivity contribution is 6.34. The Hall–Kier alpha value is -2.66. The summed E-state index contributed by atoms with van der Waals surface area (Å²) in [5.74, 6) is -0.919. The minimum absolute atomic E-state index is 0.217. The summed E-state index contributed by atoms with van der Waals surface area (Å²) in [6.07, 6.45) is 0.593. The molecule has 2 aliphatic rings. The number of rotatable bonds is 2. The van der Waals surface area contributed by atoms with Crippen molar-refractivity contribution in [2.45, 2.75) is 25.4 Å². The Morgan fingerprint density at radius 2 is 1.80 bits per heavy atom. The molecule has 0 spiro atoms. The minimum Gasteiger partial charge on any atom is -0.322 e. The van der Waals surface area contributed by atoms with Crippen molar-refractivity contribution in [1.29, 1.82) is 0 Å². The summed E-state index contributed by atoms with van der Waals surface area (Å²) in [5, 5.41) is 2.81. The van der Waals surface area contributed by atoms with E-state index in [0.29, 0.717) is 23.6 Å². The molecular weight excluding hydrogens is 340 g/mol. The zero-order chi connectivity index (χ0) is 17.6. The van der Waals surface area contributed by atoms with E-state index in [1.54, 1.807) is 6.07 Å². The summed E-state index contributed by atoms with van der Waals surface area (Å²) in [5.41, 5.74) is 3.20. The number of carbonyl (C=O) groups is 3. The zero-order valence-corrected chi connectivity index (χ0v) is 14.0. The molecule has 5 nitrogen and oxygen atoms in total. The van der Waals surface area contributed by atoms with Crippen LogP contribution in [0.3, 0.4) is 0 Å². The quantitative estimate of drug-likeness (QED) is 0.843. The van der Waals surface area contributed by atoms with Crippen molar-refractivity contribution in [2.75, 3.05) is 0 Å². The topological polar surface area (TPSA) is 66.5 Å². The number of carbonyl (C=O) groups excluding carboxylic acids is 3. The number of hydrogen-bond donors (Lipinski definition) is 1. The van der Waals surface area contributed by atoms with Crippen LogP contribution in [0.1, 0.15) is 28.8 Å². The molecule has 2 aromatic rings. The van der Waals surface area contributed by atoms with E-state index < -0.39 is 11.9 Å². The van der Waals surface area contributed by atoms with Gasteiger partial charge in [-0.05, 0) is 29.7 Å². The fourth-order valence-electron chi connectivity index (χ4n) is 3.43. The number of nitrogens with zero attached hydrogens (tertiary/aromatic N) is 1. The van der Waals surface area contributed by atoms with Crippen molar-refractivity contribution < 1.29 is 14.4 Å². The molecule has 4 rings (SSSR count). The number of amides is 3. The van der Waals surface area contributed by atoms with Crippen LogP contribution < -0.4 is 5.32 Å². The van der Waals surface area contributed by atoms with Crippen LogP contribution in [-0.4, -0.2) is 28.7 Å². The number of benzene rings is 2. The Bertz CT molecular complexity index is 895. The van der Waals surface area contributed by atoms with E-state index in [9.17, 15) is 14.4 Å². The molecule has 2 heterocycles. The molecule has 2 aromatic carbocycles. The molecule has 2 aliphatic heterocycles. The number of fused-ring (bicyclic) bond motifs is 1. The average molecular weight is 355 g/mol. The third-order valence-electron chi connectivity index (χ3n) is 4.70. The molecule has 6 heteroatoms. The first-order chi connectivity index (χ1) is 12.0. The van der Waals surface area contributed by atoms with Crippen LogP contribution in [0.15, 0.2) is 42.5 Å². The summed E-state index contributed by atoms with van der Waals surface area (Å²) >= 11 is 6.39. The van der Waals surface area contributed by atoms with Gasteiger partial charge >= 0.3 is 0 Å². The van der Waals surface area contributed by atoms with E-state index in [-0.39, 0.29) is 18.2 Å². The van der Waals surface area contributed by atoms with Gasteiger partial charge in [0.1, 0.15) is 6.04 Å². The van der Waals surface area contributed by atoms with Crippen LogP contribution in [0.5, 0.6) is 0 Å². The summed E-state index contributed by atoms with van der Waals surface area (Å²) < 4.78 is 0. The molecule has 1 N–H and O–H groups in total. The van der Waals surface area contributed by atoms with Crippen molar-refractivity contribution >= 4 is 29.3 Å². The second-order valence-corrected chi connectivity index (χ2v) is 6.66. The molecule has 1 atom stereocenters. The fourth-order valence-corrected chi connectivity index (χ4v) is 3.70. The molecule has 1 fully saturated rings. The van der Waals surface area contributed by atoms with Crippen molar-refractivity contribution in [3.63, 3.8) is 0 Å². The third kappa shape index (κ3) is 2.70. The van der Waals surface area contributed by atoms with E-state index in [1.165, 1.54) is 4.90 Å². The summed E-state index contributed by atoms with van der Waals surface area (Å²) in [7, 11) is 0. The fraction of sp³-hybridized carbons (Fsp3) is 0.211. The van der Waals surface area contributed by atoms with Gasteiger partial charge in [-0.1, -0.05) is 41.9 Å². The van der Waals surface area contributed by atoms with Gasteiger partial charge < -0.3 is 4.90 Å². The predicted octanol–water partition coefficient (Wildman–Crippen LogP) is 2.77. The first-order valence-corrected chi connectivity index (χ1v) is 8.45. The number of imide groups is 1. The lowest BCUT2D eigenvalue weighted by Crippen LogP contribution is -2.52. The van der Waals surface area contributed by atoms with Gasteiger partial charge in [-0.25, -0.2) is 0 Å². The summed E-state index contributed by atoms with van der Waals surface area (Å²) in [6.45, 7) is 0.345. The molecule has 0 saturated carbocycles. The lowest BCUT2D eigenvalue weighted by atomic mass is 10.0.